The summed E-state index contributed by atoms with van der Waals surface area (Å²) < 4.78 is 0. The SMILES string of the molecule is N#Cc1cccc([C@H]2CC[C@@H](N(CCN3CCCC3)C(=O)Nc3cc(Cl)cc(Cl)c3)CC2)c1. The van der Waals surface area contributed by atoms with Crippen LogP contribution in [0.5, 0.6) is 0 Å². The first-order chi connectivity index (χ1) is 16.0. The minimum atomic E-state index is -0.0949. The van der Waals surface area contributed by atoms with E-state index < -0.39 is 0 Å². The molecule has 33 heavy (non-hydrogen) atoms. The minimum Gasteiger partial charge on any atom is -0.320 e. The van der Waals surface area contributed by atoms with Crippen LogP contribution in [-0.2, 0) is 0 Å². The minimum absolute atomic E-state index is 0.0949. The molecule has 5 nitrogen and oxygen atoms in total. The van der Waals surface area contributed by atoms with Crippen molar-refractivity contribution in [2.45, 2.75) is 50.5 Å². The van der Waals surface area contributed by atoms with Gasteiger partial charge in [-0.25, -0.2) is 4.79 Å². The van der Waals surface area contributed by atoms with Gasteiger partial charge in [-0.1, -0.05) is 35.3 Å². The monoisotopic (exact) mass is 484 g/mol. The van der Waals surface area contributed by atoms with E-state index >= 15 is 0 Å². The molecule has 1 saturated carbocycles. The number of rotatable bonds is 6. The van der Waals surface area contributed by atoms with Crippen LogP contribution >= 0.6 is 23.2 Å². The maximum absolute atomic E-state index is 13.3. The van der Waals surface area contributed by atoms with E-state index in [-0.39, 0.29) is 12.1 Å². The highest BCUT2D eigenvalue weighted by Gasteiger charge is 2.30. The summed E-state index contributed by atoms with van der Waals surface area (Å²) in [6.07, 6.45) is 6.39. The lowest BCUT2D eigenvalue weighted by Crippen LogP contribution is -2.47. The first kappa shape index (κ1) is 23.9. The molecule has 4 rings (SSSR count). The summed E-state index contributed by atoms with van der Waals surface area (Å²) >= 11 is 12.3. The van der Waals surface area contributed by atoms with Gasteiger partial charge in [0.2, 0.25) is 0 Å². The summed E-state index contributed by atoms with van der Waals surface area (Å²) in [6.45, 7) is 3.83. The molecule has 2 aliphatic rings. The van der Waals surface area contributed by atoms with Crippen molar-refractivity contribution >= 4 is 34.9 Å². The standard InChI is InChI=1S/C26H30Cl2N4O/c27-22-15-23(28)17-24(16-22)30-26(33)32(13-12-31-10-1-2-11-31)25-8-6-20(7-9-25)21-5-3-4-19(14-21)18-29/h3-5,14-17,20,25H,1-2,6-13H2,(H,30,33)/t20-,25+. The van der Waals surface area contributed by atoms with Crippen molar-refractivity contribution in [3.05, 3.63) is 63.6 Å². The largest absolute Gasteiger partial charge is 0.322 e. The number of nitrogens with zero attached hydrogens (tertiary/aromatic N) is 3. The third-order valence-corrected chi connectivity index (χ3v) is 7.29. The number of halogens is 2. The predicted octanol–water partition coefficient (Wildman–Crippen LogP) is 6.52. The predicted molar refractivity (Wildman–Crippen MR) is 134 cm³/mol. The van der Waals surface area contributed by atoms with E-state index in [9.17, 15) is 10.1 Å². The van der Waals surface area contributed by atoms with Crippen molar-refractivity contribution in [3.63, 3.8) is 0 Å². The molecule has 0 aromatic heterocycles. The highest BCUT2D eigenvalue weighted by molar-refractivity contribution is 6.35. The number of benzene rings is 2. The number of amides is 2. The maximum Gasteiger partial charge on any atom is 0.322 e. The Balaban J connectivity index is 1.43. The van der Waals surface area contributed by atoms with Gasteiger partial charge in [-0.3, -0.25) is 0 Å². The topological polar surface area (TPSA) is 59.4 Å². The normalized spacial score (nSPS) is 20.9. The second-order valence-electron chi connectivity index (χ2n) is 9.07. The van der Waals surface area contributed by atoms with Gasteiger partial charge in [-0.05, 0) is 93.4 Å². The van der Waals surface area contributed by atoms with Gasteiger partial charge in [-0.2, -0.15) is 5.26 Å². The average Bonchev–Trinajstić information content (AvgIpc) is 3.33. The fourth-order valence-corrected chi connectivity index (χ4v) is 5.64. The number of carbonyl (C=O) groups excluding carboxylic acids is 1. The third kappa shape index (κ3) is 6.41. The van der Waals surface area contributed by atoms with Crippen LogP contribution in [0.2, 0.25) is 10.0 Å². The van der Waals surface area contributed by atoms with Crippen molar-refractivity contribution in [1.82, 2.24) is 9.80 Å². The maximum atomic E-state index is 13.3. The van der Waals surface area contributed by atoms with Crippen molar-refractivity contribution in [2.24, 2.45) is 0 Å². The Kier molecular flexibility index (Phi) is 8.14. The molecule has 0 bridgehead atoms. The fourth-order valence-electron chi connectivity index (χ4n) is 5.11. The number of nitrogens with one attached hydrogen (secondary N) is 1. The molecule has 2 aromatic carbocycles. The number of hydrogen-bond donors (Lipinski definition) is 1. The molecule has 2 aromatic rings. The lowest BCUT2D eigenvalue weighted by Gasteiger charge is -2.38. The second kappa shape index (κ2) is 11.2. The number of urea groups is 1. The van der Waals surface area contributed by atoms with Crippen LogP contribution in [0.1, 0.15) is 55.6 Å². The molecule has 1 saturated heterocycles. The fraction of sp³-hybridized carbons (Fsp3) is 0.462. The smallest absolute Gasteiger partial charge is 0.320 e. The van der Waals surface area contributed by atoms with Crippen LogP contribution in [0.15, 0.2) is 42.5 Å². The van der Waals surface area contributed by atoms with E-state index in [4.69, 9.17) is 23.2 Å². The lowest BCUT2D eigenvalue weighted by atomic mass is 9.81. The van der Waals surface area contributed by atoms with Gasteiger partial charge in [0.1, 0.15) is 0 Å². The molecule has 1 aliphatic heterocycles. The molecular formula is C26H30Cl2N4O. The van der Waals surface area contributed by atoms with Crippen LogP contribution in [0, 0.1) is 11.3 Å². The molecule has 1 aliphatic carbocycles. The Labute approximate surface area is 206 Å². The van der Waals surface area contributed by atoms with Gasteiger partial charge >= 0.3 is 6.03 Å². The van der Waals surface area contributed by atoms with Gasteiger partial charge in [0, 0.05) is 34.9 Å². The summed E-state index contributed by atoms with van der Waals surface area (Å²) in [6, 6.07) is 15.4. The van der Waals surface area contributed by atoms with Crippen LogP contribution in [0.25, 0.3) is 0 Å². The highest BCUT2D eigenvalue weighted by atomic mass is 35.5. The van der Waals surface area contributed by atoms with E-state index in [2.05, 4.69) is 22.4 Å². The van der Waals surface area contributed by atoms with Crippen LogP contribution in [0.4, 0.5) is 10.5 Å². The van der Waals surface area contributed by atoms with Crippen LogP contribution < -0.4 is 5.32 Å². The summed E-state index contributed by atoms with van der Waals surface area (Å²) in [5.74, 6) is 0.435. The van der Waals surface area contributed by atoms with Gasteiger partial charge in [0.05, 0.1) is 11.6 Å². The molecule has 7 heteroatoms. The Bertz CT molecular complexity index is 987. The summed E-state index contributed by atoms with van der Waals surface area (Å²) in [4.78, 5) is 17.8. The molecule has 0 spiro atoms. The number of anilines is 1. The van der Waals surface area contributed by atoms with Gasteiger partial charge in [-0.15, -0.1) is 0 Å². The van der Waals surface area contributed by atoms with Gasteiger partial charge in [0.25, 0.3) is 0 Å². The lowest BCUT2D eigenvalue weighted by molar-refractivity contribution is 0.151. The summed E-state index contributed by atoms with van der Waals surface area (Å²) in [5, 5.41) is 13.2. The van der Waals surface area contributed by atoms with E-state index in [1.807, 2.05) is 23.1 Å². The number of likely N-dealkylation sites (tertiary alicyclic amines) is 1. The molecular weight excluding hydrogens is 455 g/mol. The molecule has 1 heterocycles. The zero-order valence-electron chi connectivity index (χ0n) is 18.8. The zero-order chi connectivity index (χ0) is 23.2. The molecule has 2 fully saturated rings. The first-order valence-electron chi connectivity index (χ1n) is 11.8. The second-order valence-corrected chi connectivity index (χ2v) is 9.95. The Morgan fingerprint density at radius 3 is 2.42 bits per heavy atom. The van der Waals surface area contributed by atoms with E-state index in [0.29, 0.717) is 33.8 Å². The van der Waals surface area contributed by atoms with Gasteiger partial charge < -0.3 is 15.1 Å². The van der Waals surface area contributed by atoms with E-state index in [1.54, 1.807) is 18.2 Å². The van der Waals surface area contributed by atoms with Crippen LogP contribution in [-0.4, -0.2) is 48.1 Å². The van der Waals surface area contributed by atoms with Crippen molar-refractivity contribution in [1.29, 1.82) is 5.26 Å². The summed E-state index contributed by atoms with van der Waals surface area (Å²) in [7, 11) is 0. The molecule has 2 amide bonds. The first-order valence-corrected chi connectivity index (χ1v) is 12.5. The van der Waals surface area contributed by atoms with Crippen LogP contribution in [0.3, 0.4) is 0 Å². The Hall–Kier alpha value is -2.26. The van der Waals surface area contributed by atoms with Crippen molar-refractivity contribution in [3.8, 4) is 6.07 Å². The highest BCUT2D eigenvalue weighted by Crippen LogP contribution is 2.35. The number of nitriles is 1. The van der Waals surface area contributed by atoms with E-state index in [0.717, 1.165) is 45.3 Å². The average molecular weight is 485 g/mol. The summed E-state index contributed by atoms with van der Waals surface area (Å²) in [5.41, 5.74) is 2.56. The Morgan fingerprint density at radius 1 is 1.06 bits per heavy atom. The molecule has 0 radical (unpaired) electrons. The molecule has 1 N–H and O–H groups in total. The zero-order valence-corrected chi connectivity index (χ0v) is 20.3. The molecule has 0 unspecified atom stereocenters. The molecule has 0 atom stereocenters. The van der Waals surface area contributed by atoms with E-state index in [1.165, 1.54) is 18.4 Å². The quantitative estimate of drug-likeness (QED) is 0.507. The van der Waals surface area contributed by atoms with Gasteiger partial charge in [0.15, 0.2) is 0 Å². The number of hydrogen-bond acceptors (Lipinski definition) is 3. The van der Waals surface area contributed by atoms with Crippen molar-refractivity contribution < 1.29 is 4.79 Å². The number of carbonyl (C=O) groups is 1. The third-order valence-electron chi connectivity index (χ3n) is 6.86. The van der Waals surface area contributed by atoms with Crippen molar-refractivity contribution in [2.75, 3.05) is 31.5 Å². The Morgan fingerprint density at radius 2 is 1.76 bits per heavy atom. The molecule has 174 valence electrons.